The van der Waals surface area contributed by atoms with E-state index in [1.807, 2.05) is 12.1 Å². The van der Waals surface area contributed by atoms with E-state index >= 15 is 0 Å². The van der Waals surface area contributed by atoms with Gasteiger partial charge in [0.15, 0.2) is 0 Å². The van der Waals surface area contributed by atoms with Gasteiger partial charge in [-0.1, -0.05) is 18.2 Å². The standard InChI is InChI=1S/C19H20N2O5/c1-3-26-19(24)13-8-10-15(11-9-13)21-18(23)17(22)20-12-14-6-4-5-7-16(14)25-2/h4-11H,3,12H2,1-2H3,(H,20,22)(H,21,23). The second kappa shape index (κ2) is 9.22. The SMILES string of the molecule is CCOC(=O)c1ccc(NC(=O)C(=O)NCc2ccccc2OC)cc1. The Hall–Kier alpha value is -3.35. The molecule has 2 aromatic carbocycles. The van der Waals surface area contributed by atoms with Gasteiger partial charge >= 0.3 is 17.8 Å². The zero-order valence-electron chi connectivity index (χ0n) is 14.6. The van der Waals surface area contributed by atoms with Crippen molar-refractivity contribution in [1.82, 2.24) is 5.32 Å². The van der Waals surface area contributed by atoms with Crippen molar-refractivity contribution >= 4 is 23.5 Å². The minimum atomic E-state index is -0.802. The number of ether oxygens (including phenoxy) is 2. The average Bonchev–Trinajstić information content (AvgIpc) is 2.67. The van der Waals surface area contributed by atoms with E-state index in [1.165, 1.54) is 31.4 Å². The normalized spacial score (nSPS) is 9.92. The molecule has 7 nitrogen and oxygen atoms in total. The number of anilines is 1. The van der Waals surface area contributed by atoms with Crippen molar-refractivity contribution in [1.29, 1.82) is 0 Å². The van der Waals surface area contributed by atoms with Gasteiger partial charge in [-0.15, -0.1) is 0 Å². The Morgan fingerprint density at radius 2 is 1.65 bits per heavy atom. The van der Waals surface area contributed by atoms with Gasteiger partial charge in [-0.25, -0.2) is 4.79 Å². The second-order valence-electron chi connectivity index (χ2n) is 5.25. The van der Waals surface area contributed by atoms with E-state index < -0.39 is 17.8 Å². The van der Waals surface area contributed by atoms with Gasteiger partial charge in [0.05, 0.1) is 19.3 Å². The van der Waals surface area contributed by atoms with Crippen LogP contribution >= 0.6 is 0 Å². The molecule has 0 fully saturated rings. The summed E-state index contributed by atoms with van der Waals surface area (Å²) >= 11 is 0. The Kier molecular flexibility index (Phi) is 6.73. The summed E-state index contributed by atoms with van der Waals surface area (Å²) in [5, 5.41) is 5.01. The van der Waals surface area contributed by atoms with Crippen molar-refractivity contribution in [3.05, 3.63) is 59.7 Å². The predicted octanol–water partition coefficient (Wildman–Crippen LogP) is 2.13. The molecule has 2 rings (SSSR count). The van der Waals surface area contributed by atoms with E-state index in [2.05, 4.69) is 10.6 Å². The molecular formula is C19H20N2O5. The Balaban J connectivity index is 1.90. The quantitative estimate of drug-likeness (QED) is 0.611. The van der Waals surface area contributed by atoms with Gasteiger partial charge in [0, 0.05) is 17.8 Å². The summed E-state index contributed by atoms with van der Waals surface area (Å²) in [6.07, 6.45) is 0. The Bertz CT molecular complexity index is 787. The fourth-order valence-electron chi connectivity index (χ4n) is 2.20. The molecule has 2 amide bonds. The molecule has 0 unspecified atom stereocenters. The van der Waals surface area contributed by atoms with Gasteiger partial charge in [0.1, 0.15) is 5.75 Å². The minimum Gasteiger partial charge on any atom is -0.496 e. The number of para-hydroxylation sites is 1. The Morgan fingerprint density at radius 1 is 0.962 bits per heavy atom. The summed E-state index contributed by atoms with van der Waals surface area (Å²) in [6, 6.07) is 13.3. The van der Waals surface area contributed by atoms with Crippen molar-refractivity contribution in [3.8, 4) is 5.75 Å². The van der Waals surface area contributed by atoms with Crippen LogP contribution < -0.4 is 15.4 Å². The summed E-state index contributed by atoms with van der Waals surface area (Å²) in [6.45, 7) is 2.16. The monoisotopic (exact) mass is 356 g/mol. The maximum absolute atomic E-state index is 12.0. The average molecular weight is 356 g/mol. The summed E-state index contributed by atoms with van der Waals surface area (Å²) in [5.41, 5.74) is 1.52. The van der Waals surface area contributed by atoms with Crippen molar-refractivity contribution in [3.63, 3.8) is 0 Å². The van der Waals surface area contributed by atoms with Crippen LogP contribution in [0.3, 0.4) is 0 Å². The molecule has 0 spiro atoms. The first kappa shape index (κ1) is 19.0. The van der Waals surface area contributed by atoms with Crippen LogP contribution in [0.25, 0.3) is 0 Å². The third-order valence-electron chi connectivity index (χ3n) is 3.49. The lowest BCUT2D eigenvalue weighted by atomic mass is 10.2. The largest absolute Gasteiger partial charge is 0.496 e. The fraction of sp³-hybridized carbons (Fsp3) is 0.211. The van der Waals surface area contributed by atoms with Crippen molar-refractivity contribution < 1.29 is 23.9 Å². The zero-order valence-corrected chi connectivity index (χ0v) is 14.6. The molecule has 0 bridgehead atoms. The molecule has 0 radical (unpaired) electrons. The Labute approximate surface area is 151 Å². The molecule has 0 aromatic heterocycles. The lowest BCUT2D eigenvalue weighted by molar-refractivity contribution is -0.136. The third kappa shape index (κ3) is 5.07. The smallest absolute Gasteiger partial charge is 0.338 e. The van der Waals surface area contributed by atoms with Crippen molar-refractivity contribution in [2.75, 3.05) is 19.0 Å². The number of benzene rings is 2. The number of carbonyl (C=O) groups excluding carboxylic acids is 3. The summed E-state index contributed by atoms with van der Waals surface area (Å²) in [5.74, 6) is -1.39. The molecule has 0 heterocycles. The third-order valence-corrected chi connectivity index (χ3v) is 3.49. The second-order valence-corrected chi connectivity index (χ2v) is 5.25. The highest BCUT2D eigenvalue weighted by molar-refractivity contribution is 6.39. The highest BCUT2D eigenvalue weighted by Crippen LogP contribution is 2.16. The van der Waals surface area contributed by atoms with Gasteiger partial charge in [-0.3, -0.25) is 9.59 Å². The lowest BCUT2D eigenvalue weighted by Crippen LogP contribution is -2.35. The molecule has 0 saturated heterocycles. The number of esters is 1. The van der Waals surface area contributed by atoms with Crippen LogP contribution in [0.4, 0.5) is 5.69 Å². The maximum Gasteiger partial charge on any atom is 0.338 e. The van der Waals surface area contributed by atoms with E-state index in [0.29, 0.717) is 17.0 Å². The van der Waals surface area contributed by atoms with E-state index in [0.717, 1.165) is 5.56 Å². The van der Waals surface area contributed by atoms with Gasteiger partial charge in [0.25, 0.3) is 0 Å². The van der Waals surface area contributed by atoms with Crippen LogP contribution in [0, 0.1) is 0 Å². The summed E-state index contributed by atoms with van der Waals surface area (Å²) in [4.78, 5) is 35.5. The topological polar surface area (TPSA) is 93.7 Å². The molecule has 26 heavy (non-hydrogen) atoms. The first-order valence-electron chi connectivity index (χ1n) is 8.03. The molecule has 0 atom stereocenters. The molecule has 0 aliphatic carbocycles. The number of methoxy groups -OCH3 is 1. The zero-order chi connectivity index (χ0) is 18.9. The van der Waals surface area contributed by atoms with Crippen LogP contribution in [-0.2, 0) is 20.9 Å². The van der Waals surface area contributed by atoms with E-state index in [1.54, 1.807) is 19.1 Å². The predicted molar refractivity (Wildman–Crippen MR) is 95.9 cm³/mol. The fourth-order valence-corrected chi connectivity index (χ4v) is 2.20. The van der Waals surface area contributed by atoms with E-state index in [9.17, 15) is 14.4 Å². The van der Waals surface area contributed by atoms with Crippen molar-refractivity contribution in [2.45, 2.75) is 13.5 Å². The van der Waals surface area contributed by atoms with Crippen LogP contribution in [0.5, 0.6) is 5.75 Å². The minimum absolute atomic E-state index is 0.165. The van der Waals surface area contributed by atoms with Gasteiger partial charge in [-0.05, 0) is 37.3 Å². The number of rotatable bonds is 6. The first-order chi connectivity index (χ1) is 12.5. The molecule has 0 aliphatic heterocycles. The number of carbonyl (C=O) groups is 3. The van der Waals surface area contributed by atoms with Crippen molar-refractivity contribution in [2.24, 2.45) is 0 Å². The van der Waals surface area contributed by atoms with Crippen LogP contribution in [0.1, 0.15) is 22.8 Å². The molecule has 0 aliphatic rings. The Morgan fingerprint density at radius 3 is 2.31 bits per heavy atom. The number of amides is 2. The maximum atomic E-state index is 12.0. The molecule has 136 valence electrons. The molecule has 2 N–H and O–H groups in total. The van der Waals surface area contributed by atoms with Crippen LogP contribution in [-0.4, -0.2) is 31.5 Å². The number of nitrogens with one attached hydrogen (secondary N) is 2. The highest BCUT2D eigenvalue weighted by atomic mass is 16.5. The molecule has 0 saturated carbocycles. The van der Waals surface area contributed by atoms with Gasteiger partial charge in [0.2, 0.25) is 0 Å². The van der Waals surface area contributed by atoms with Gasteiger partial charge in [-0.2, -0.15) is 0 Å². The van der Waals surface area contributed by atoms with E-state index in [-0.39, 0.29) is 13.2 Å². The first-order valence-corrected chi connectivity index (χ1v) is 8.03. The number of hydrogen-bond donors (Lipinski definition) is 2. The van der Waals surface area contributed by atoms with E-state index in [4.69, 9.17) is 9.47 Å². The van der Waals surface area contributed by atoms with Crippen LogP contribution in [0.15, 0.2) is 48.5 Å². The summed E-state index contributed by atoms with van der Waals surface area (Å²) in [7, 11) is 1.54. The highest BCUT2D eigenvalue weighted by Gasteiger charge is 2.15. The summed E-state index contributed by atoms with van der Waals surface area (Å²) < 4.78 is 10.1. The molecule has 2 aromatic rings. The number of hydrogen-bond acceptors (Lipinski definition) is 5. The van der Waals surface area contributed by atoms with Gasteiger partial charge < -0.3 is 20.1 Å². The lowest BCUT2D eigenvalue weighted by Gasteiger charge is -2.10. The molecular weight excluding hydrogens is 336 g/mol. The molecule has 7 heteroatoms. The van der Waals surface area contributed by atoms with Crippen LogP contribution in [0.2, 0.25) is 0 Å².